The van der Waals surface area contributed by atoms with Gasteiger partial charge in [0.05, 0.1) is 5.56 Å². The molecule has 0 fully saturated rings. The monoisotopic (exact) mass is 344 g/mol. The van der Waals surface area contributed by atoms with E-state index in [9.17, 15) is 0 Å². The van der Waals surface area contributed by atoms with Gasteiger partial charge in [-0.2, -0.15) is 0 Å². The molecule has 2 heterocycles. The SMILES string of the molecule is Cc1ccc2oc3c(-c4cc(C(C)C)c(C)c[n+]4C)c(C)ccc3c2c1. The van der Waals surface area contributed by atoms with E-state index in [2.05, 4.69) is 88.8 Å². The average Bonchev–Trinajstić information content (AvgIpc) is 2.93. The molecule has 4 aromatic rings. The van der Waals surface area contributed by atoms with Crippen LogP contribution in [0.4, 0.5) is 0 Å². The number of aryl methyl sites for hydroxylation is 4. The molecule has 0 bridgehead atoms. The van der Waals surface area contributed by atoms with Crippen LogP contribution in [0.5, 0.6) is 0 Å². The van der Waals surface area contributed by atoms with E-state index in [0.29, 0.717) is 5.92 Å². The quantitative estimate of drug-likeness (QED) is 0.400. The molecule has 0 saturated heterocycles. The summed E-state index contributed by atoms with van der Waals surface area (Å²) in [6.07, 6.45) is 2.23. The molecule has 0 atom stereocenters. The molecular weight excluding hydrogens is 318 g/mol. The highest BCUT2D eigenvalue weighted by Gasteiger charge is 2.22. The van der Waals surface area contributed by atoms with Gasteiger partial charge >= 0.3 is 0 Å². The maximum atomic E-state index is 6.35. The molecule has 0 radical (unpaired) electrons. The van der Waals surface area contributed by atoms with E-state index in [1.165, 1.54) is 44.3 Å². The number of hydrogen-bond donors (Lipinski definition) is 0. The van der Waals surface area contributed by atoms with Crippen LogP contribution in [0.15, 0.2) is 47.0 Å². The minimum absolute atomic E-state index is 0.493. The third-order valence-corrected chi connectivity index (χ3v) is 5.40. The number of rotatable bonds is 2. The van der Waals surface area contributed by atoms with Gasteiger partial charge in [-0.1, -0.05) is 37.6 Å². The van der Waals surface area contributed by atoms with Gasteiger partial charge < -0.3 is 4.42 Å². The summed E-state index contributed by atoms with van der Waals surface area (Å²) in [4.78, 5) is 0. The molecule has 2 aromatic carbocycles. The van der Waals surface area contributed by atoms with Crippen LogP contribution in [0.2, 0.25) is 0 Å². The molecular formula is C24H26NO+. The van der Waals surface area contributed by atoms with E-state index in [0.717, 1.165) is 11.2 Å². The molecule has 0 amide bonds. The largest absolute Gasteiger partial charge is 0.455 e. The van der Waals surface area contributed by atoms with Crippen molar-refractivity contribution in [2.45, 2.75) is 40.5 Å². The molecule has 2 heteroatoms. The number of fused-ring (bicyclic) bond motifs is 3. The van der Waals surface area contributed by atoms with Crippen molar-refractivity contribution in [3.63, 3.8) is 0 Å². The fourth-order valence-corrected chi connectivity index (χ4v) is 4.04. The summed E-state index contributed by atoms with van der Waals surface area (Å²) in [5.74, 6) is 0.493. The summed E-state index contributed by atoms with van der Waals surface area (Å²) in [6, 6.07) is 13.1. The van der Waals surface area contributed by atoms with E-state index >= 15 is 0 Å². The first-order chi connectivity index (χ1) is 12.4. The van der Waals surface area contributed by atoms with Crippen LogP contribution >= 0.6 is 0 Å². The Hall–Kier alpha value is -2.61. The predicted octanol–water partition coefficient (Wildman–Crippen LogP) is 6.13. The second kappa shape index (κ2) is 5.98. The lowest BCUT2D eigenvalue weighted by Gasteiger charge is -2.12. The van der Waals surface area contributed by atoms with E-state index < -0.39 is 0 Å². The second-order valence-electron chi connectivity index (χ2n) is 7.80. The van der Waals surface area contributed by atoms with Gasteiger partial charge in [0.1, 0.15) is 18.2 Å². The van der Waals surface area contributed by atoms with Crippen molar-refractivity contribution in [2.24, 2.45) is 7.05 Å². The summed E-state index contributed by atoms with van der Waals surface area (Å²) in [6.45, 7) is 11.0. The highest BCUT2D eigenvalue weighted by Crippen LogP contribution is 2.37. The van der Waals surface area contributed by atoms with Crippen LogP contribution in [0, 0.1) is 20.8 Å². The van der Waals surface area contributed by atoms with E-state index in [1.807, 2.05) is 0 Å². The van der Waals surface area contributed by atoms with Gasteiger partial charge in [0, 0.05) is 22.4 Å². The molecule has 4 rings (SSSR count). The van der Waals surface area contributed by atoms with Crippen molar-refractivity contribution in [3.05, 3.63) is 64.8 Å². The van der Waals surface area contributed by atoms with Crippen LogP contribution < -0.4 is 4.57 Å². The fourth-order valence-electron chi connectivity index (χ4n) is 4.04. The maximum absolute atomic E-state index is 6.35. The van der Waals surface area contributed by atoms with Gasteiger partial charge in [0.15, 0.2) is 6.20 Å². The van der Waals surface area contributed by atoms with E-state index in [4.69, 9.17) is 4.42 Å². The molecule has 26 heavy (non-hydrogen) atoms. The van der Waals surface area contributed by atoms with Crippen LogP contribution in [0.3, 0.4) is 0 Å². The number of pyridine rings is 1. The number of benzene rings is 2. The Morgan fingerprint density at radius 2 is 1.65 bits per heavy atom. The molecule has 0 spiro atoms. The highest BCUT2D eigenvalue weighted by atomic mass is 16.3. The first kappa shape index (κ1) is 16.8. The first-order valence-electron chi connectivity index (χ1n) is 9.30. The second-order valence-corrected chi connectivity index (χ2v) is 7.80. The molecule has 2 nitrogen and oxygen atoms in total. The molecule has 0 saturated carbocycles. The fraction of sp³-hybridized carbons (Fsp3) is 0.292. The van der Waals surface area contributed by atoms with Gasteiger partial charge in [-0.15, -0.1) is 0 Å². The topological polar surface area (TPSA) is 17.0 Å². The summed E-state index contributed by atoms with van der Waals surface area (Å²) < 4.78 is 8.57. The van der Waals surface area contributed by atoms with Crippen molar-refractivity contribution in [1.29, 1.82) is 0 Å². The Morgan fingerprint density at radius 1 is 0.885 bits per heavy atom. The maximum Gasteiger partial charge on any atom is 0.216 e. The van der Waals surface area contributed by atoms with Crippen molar-refractivity contribution in [1.82, 2.24) is 0 Å². The van der Waals surface area contributed by atoms with Gasteiger partial charge in [0.2, 0.25) is 5.69 Å². The lowest BCUT2D eigenvalue weighted by Crippen LogP contribution is -2.32. The predicted molar refractivity (Wildman–Crippen MR) is 109 cm³/mol. The van der Waals surface area contributed by atoms with Crippen LogP contribution in [0.1, 0.15) is 42.0 Å². The van der Waals surface area contributed by atoms with Crippen molar-refractivity contribution < 1.29 is 8.98 Å². The van der Waals surface area contributed by atoms with Gasteiger partial charge in [-0.05, 0) is 49.9 Å². The van der Waals surface area contributed by atoms with Crippen LogP contribution in [0.25, 0.3) is 33.2 Å². The number of hydrogen-bond acceptors (Lipinski definition) is 1. The molecule has 0 aliphatic carbocycles. The Balaban J connectivity index is 2.10. The normalized spacial score (nSPS) is 11.8. The van der Waals surface area contributed by atoms with E-state index in [1.54, 1.807) is 0 Å². The van der Waals surface area contributed by atoms with Gasteiger partial charge in [-0.25, -0.2) is 4.57 Å². The van der Waals surface area contributed by atoms with E-state index in [-0.39, 0.29) is 0 Å². The summed E-state index contributed by atoms with van der Waals surface area (Å²) >= 11 is 0. The first-order valence-corrected chi connectivity index (χ1v) is 9.30. The molecule has 0 aliphatic rings. The minimum atomic E-state index is 0.493. The lowest BCUT2D eigenvalue weighted by atomic mass is 9.94. The highest BCUT2D eigenvalue weighted by molar-refractivity contribution is 6.09. The van der Waals surface area contributed by atoms with Crippen molar-refractivity contribution in [3.8, 4) is 11.3 Å². The van der Waals surface area contributed by atoms with Crippen LogP contribution in [-0.2, 0) is 7.05 Å². The van der Waals surface area contributed by atoms with Crippen LogP contribution in [-0.4, -0.2) is 0 Å². The summed E-state index contributed by atoms with van der Waals surface area (Å²) in [7, 11) is 2.12. The Labute approximate surface area is 155 Å². The smallest absolute Gasteiger partial charge is 0.216 e. The standard InChI is InChI=1S/C24H26NO/c1-14(2)19-12-21(25(6)13-17(19)5)23-16(4)8-9-18-20-11-15(3)7-10-22(20)26-24(18)23/h7-14H,1-6H3/q+1. The Morgan fingerprint density at radius 3 is 2.38 bits per heavy atom. The van der Waals surface area contributed by atoms with Gasteiger partial charge in [0.25, 0.3) is 0 Å². The molecule has 0 aliphatic heterocycles. The molecule has 0 N–H and O–H groups in total. The lowest BCUT2D eigenvalue weighted by molar-refractivity contribution is -0.660. The van der Waals surface area contributed by atoms with Crippen molar-refractivity contribution >= 4 is 21.9 Å². The Kier molecular flexibility index (Phi) is 3.87. The minimum Gasteiger partial charge on any atom is -0.455 e. The molecule has 132 valence electrons. The zero-order chi connectivity index (χ0) is 18.6. The third-order valence-electron chi connectivity index (χ3n) is 5.40. The third kappa shape index (κ3) is 2.52. The zero-order valence-corrected chi connectivity index (χ0v) is 16.5. The Bertz CT molecular complexity index is 1150. The molecule has 0 unspecified atom stereocenters. The summed E-state index contributed by atoms with van der Waals surface area (Å²) in [5, 5.41) is 2.39. The number of aromatic nitrogens is 1. The number of nitrogens with zero attached hydrogens (tertiary/aromatic N) is 1. The van der Waals surface area contributed by atoms with Gasteiger partial charge in [-0.3, -0.25) is 0 Å². The summed E-state index contributed by atoms with van der Waals surface area (Å²) in [5.41, 5.74) is 9.56. The van der Waals surface area contributed by atoms with Crippen molar-refractivity contribution in [2.75, 3.05) is 0 Å². The zero-order valence-electron chi connectivity index (χ0n) is 16.5. The molecule has 2 aromatic heterocycles. The average molecular weight is 344 g/mol. The number of furan rings is 1.